The molecule has 158 valence electrons. The highest BCUT2D eigenvalue weighted by Crippen LogP contribution is 2.29. The maximum Gasteiger partial charge on any atom is 0.417 e. The van der Waals surface area contributed by atoms with Crippen molar-refractivity contribution < 1.29 is 17.6 Å². The standard InChI is InChI=1S/C21H21F4N5/c22-18-5-2-16(3-6-18)19-8-11-30(27-19)15-28-9-1-10-29(13-12-28)20-7-4-17(14-26-20)21(23,24)25/h2-8,11,14H,1,9-10,12-13,15H2. The molecule has 1 aromatic carbocycles. The van der Waals surface area contributed by atoms with E-state index in [1.807, 2.05) is 21.8 Å². The number of benzene rings is 1. The lowest BCUT2D eigenvalue weighted by molar-refractivity contribution is -0.137. The number of pyridine rings is 1. The van der Waals surface area contributed by atoms with Gasteiger partial charge in [0.2, 0.25) is 0 Å². The Morgan fingerprint density at radius 3 is 2.40 bits per heavy atom. The van der Waals surface area contributed by atoms with Gasteiger partial charge >= 0.3 is 6.18 Å². The highest BCUT2D eigenvalue weighted by atomic mass is 19.4. The zero-order valence-corrected chi connectivity index (χ0v) is 16.2. The predicted molar refractivity (Wildman–Crippen MR) is 105 cm³/mol. The van der Waals surface area contributed by atoms with Gasteiger partial charge < -0.3 is 4.90 Å². The minimum atomic E-state index is -4.38. The highest BCUT2D eigenvalue weighted by molar-refractivity contribution is 5.58. The van der Waals surface area contributed by atoms with Crippen LogP contribution in [0.4, 0.5) is 23.4 Å². The van der Waals surface area contributed by atoms with E-state index < -0.39 is 11.7 Å². The van der Waals surface area contributed by atoms with E-state index >= 15 is 0 Å². The van der Waals surface area contributed by atoms with Gasteiger partial charge in [-0.25, -0.2) is 9.37 Å². The summed E-state index contributed by atoms with van der Waals surface area (Å²) in [6.45, 7) is 3.60. The lowest BCUT2D eigenvalue weighted by atomic mass is 10.1. The highest BCUT2D eigenvalue weighted by Gasteiger charge is 2.31. The molecule has 9 heteroatoms. The van der Waals surface area contributed by atoms with Gasteiger partial charge in [0.15, 0.2) is 0 Å². The van der Waals surface area contributed by atoms with Gasteiger partial charge in [0.1, 0.15) is 11.6 Å². The molecule has 3 heterocycles. The van der Waals surface area contributed by atoms with E-state index in [1.54, 1.807) is 12.1 Å². The first-order valence-electron chi connectivity index (χ1n) is 9.68. The minimum absolute atomic E-state index is 0.283. The molecule has 1 saturated heterocycles. The van der Waals surface area contributed by atoms with E-state index in [1.165, 1.54) is 18.2 Å². The molecule has 2 aromatic heterocycles. The average molecular weight is 419 g/mol. The van der Waals surface area contributed by atoms with Crippen LogP contribution in [0.1, 0.15) is 12.0 Å². The predicted octanol–water partition coefficient (Wildman–Crippen LogP) is 4.27. The third kappa shape index (κ3) is 4.79. The summed E-state index contributed by atoms with van der Waals surface area (Å²) in [4.78, 5) is 8.25. The van der Waals surface area contributed by atoms with Crippen LogP contribution >= 0.6 is 0 Å². The quantitative estimate of drug-likeness (QED) is 0.592. The minimum Gasteiger partial charge on any atom is -0.355 e. The number of halogens is 4. The zero-order chi connectivity index (χ0) is 21.1. The molecule has 0 unspecified atom stereocenters. The second kappa shape index (κ2) is 8.43. The first-order chi connectivity index (χ1) is 14.4. The Morgan fingerprint density at radius 2 is 1.70 bits per heavy atom. The largest absolute Gasteiger partial charge is 0.417 e. The van der Waals surface area contributed by atoms with Gasteiger partial charge in [-0.05, 0) is 48.9 Å². The van der Waals surface area contributed by atoms with E-state index in [4.69, 9.17) is 0 Å². The number of nitrogens with zero attached hydrogens (tertiary/aromatic N) is 5. The SMILES string of the molecule is Fc1ccc(-c2ccn(CN3CCCN(c4ccc(C(F)(F)F)cn4)CC3)n2)cc1. The molecule has 0 atom stereocenters. The molecule has 1 aliphatic heterocycles. The van der Waals surface area contributed by atoms with Crippen LogP contribution in [-0.4, -0.2) is 45.8 Å². The van der Waals surface area contributed by atoms with Gasteiger partial charge in [-0.15, -0.1) is 0 Å². The molecule has 5 nitrogen and oxygen atoms in total. The van der Waals surface area contributed by atoms with Gasteiger partial charge in [0, 0.05) is 44.1 Å². The molecule has 1 aliphatic rings. The van der Waals surface area contributed by atoms with Crippen LogP contribution in [0.25, 0.3) is 11.3 Å². The van der Waals surface area contributed by atoms with E-state index in [2.05, 4.69) is 15.0 Å². The molecular formula is C21H21F4N5. The van der Waals surface area contributed by atoms with Crippen LogP contribution in [0.5, 0.6) is 0 Å². The van der Waals surface area contributed by atoms with Crippen molar-refractivity contribution >= 4 is 5.82 Å². The number of hydrogen-bond donors (Lipinski definition) is 0. The molecule has 0 spiro atoms. The fourth-order valence-electron chi connectivity index (χ4n) is 3.50. The summed E-state index contributed by atoms with van der Waals surface area (Å²) >= 11 is 0. The maximum atomic E-state index is 13.1. The van der Waals surface area contributed by atoms with E-state index in [-0.39, 0.29) is 5.82 Å². The van der Waals surface area contributed by atoms with Gasteiger partial charge in [0.25, 0.3) is 0 Å². The second-order valence-corrected chi connectivity index (χ2v) is 7.25. The number of rotatable bonds is 4. The van der Waals surface area contributed by atoms with Crippen molar-refractivity contribution in [3.05, 3.63) is 66.2 Å². The van der Waals surface area contributed by atoms with Crippen molar-refractivity contribution in [2.24, 2.45) is 0 Å². The second-order valence-electron chi connectivity index (χ2n) is 7.25. The molecular weight excluding hydrogens is 398 g/mol. The summed E-state index contributed by atoms with van der Waals surface area (Å²) in [6.07, 6.45) is -0.732. The van der Waals surface area contributed by atoms with Gasteiger partial charge in [-0.3, -0.25) is 9.58 Å². The summed E-state index contributed by atoms with van der Waals surface area (Å²) in [5.41, 5.74) is 0.893. The molecule has 0 N–H and O–H groups in total. The Hall–Kier alpha value is -2.94. The molecule has 0 radical (unpaired) electrons. The summed E-state index contributed by atoms with van der Waals surface area (Å²) in [5, 5.41) is 4.56. The van der Waals surface area contributed by atoms with E-state index in [0.29, 0.717) is 19.0 Å². The van der Waals surface area contributed by atoms with Crippen LogP contribution < -0.4 is 4.90 Å². The average Bonchev–Trinajstić information content (AvgIpc) is 3.06. The Morgan fingerprint density at radius 1 is 0.900 bits per heavy atom. The van der Waals surface area contributed by atoms with Crippen molar-refractivity contribution in [3.63, 3.8) is 0 Å². The Labute approximate surface area is 171 Å². The number of aromatic nitrogens is 3. The van der Waals surface area contributed by atoms with Gasteiger partial charge in [0.05, 0.1) is 17.9 Å². The lowest BCUT2D eigenvalue weighted by Gasteiger charge is -2.23. The van der Waals surface area contributed by atoms with Crippen LogP contribution in [0.2, 0.25) is 0 Å². The third-order valence-electron chi connectivity index (χ3n) is 5.11. The summed E-state index contributed by atoms with van der Waals surface area (Å²) in [7, 11) is 0. The molecule has 0 aliphatic carbocycles. The molecule has 3 aromatic rings. The Balaban J connectivity index is 1.36. The van der Waals surface area contributed by atoms with Crippen molar-refractivity contribution in [3.8, 4) is 11.3 Å². The molecule has 30 heavy (non-hydrogen) atoms. The smallest absolute Gasteiger partial charge is 0.355 e. The lowest BCUT2D eigenvalue weighted by Crippen LogP contribution is -2.32. The normalized spacial score (nSPS) is 15.9. The molecule has 0 saturated carbocycles. The van der Waals surface area contributed by atoms with Crippen molar-refractivity contribution in [1.82, 2.24) is 19.7 Å². The summed E-state index contributed by atoms with van der Waals surface area (Å²) < 4.78 is 53.1. The number of alkyl halides is 3. The maximum absolute atomic E-state index is 13.1. The van der Waals surface area contributed by atoms with E-state index in [9.17, 15) is 17.6 Å². The Kier molecular flexibility index (Phi) is 5.72. The van der Waals surface area contributed by atoms with Crippen molar-refractivity contribution in [2.75, 3.05) is 31.1 Å². The number of anilines is 1. The monoisotopic (exact) mass is 419 g/mol. The molecule has 0 amide bonds. The summed E-state index contributed by atoms with van der Waals surface area (Å²) in [5.74, 6) is 0.275. The molecule has 1 fully saturated rings. The Bertz CT molecular complexity index is 966. The fraction of sp³-hybridized carbons (Fsp3) is 0.333. The zero-order valence-electron chi connectivity index (χ0n) is 16.2. The first-order valence-corrected chi connectivity index (χ1v) is 9.68. The van der Waals surface area contributed by atoms with Crippen molar-refractivity contribution in [1.29, 1.82) is 0 Å². The first kappa shape index (κ1) is 20.3. The third-order valence-corrected chi connectivity index (χ3v) is 5.11. The fourth-order valence-corrected chi connectivity index (χ4v) is 3.50. The van der Waals surface area contributed by atoms with Gasteiger partial charge in [-0.1, -0.05) is 0 Å². The topological polar surface area (TPSA) is 37.2 Å². The number of hydrogen-bond acceptors (Lipinski definition) is 4. The van der Waals surface area contributed by atoms with E-state index in [0.717, 1.165) is 49.6 Å². The van der Waals surface area contributed by atoms with Crippen LogP contribution in [0, 0.1) is 5.82 Å². The molecule has 4 rings (SSSR count). The van der Waals surface area contributed by atoms with Crippen molar-refractivity contribution in [2.45, 2.75) is 19.3 Å². The van der Waals surface area contributed by atoms with Crippen LogP contribution in [-0.2, 0) is 12.8 Å². The summed E-state index contributed by atoms with van der Waals surface area (Å²) in [6, 6.07) is 10.6. The van der Waals surface area contributed by atoms with Crippen LogP contribution in [0.3, 0.4) is 0 Å². The van der Waals surface area contributed by atoms with Gasteiger partial charge in [-0.2, -0.15) is 18.3 Å². The van der Waals surface area contributed by atoms with Crippen LogP contribution in [0.15, 0.2) is 54.9 Å². The molecule has 0 bridgehead atoms.